The summed E-state index contributed by atoms with van der Waals surface area (Å²) < 4.78 is 58.2. The Bertz CT molecular complexity index is 840. The molecular weight excluding hydrogens is 438 g/mol. The van der Waals surface area contributed by atoms with Gasteiger partial charge in [-0.1, -0.05) is 0 Å². The molecule has 1 N–H and O–H groups in total. The van der Waals surface area contributed by atoms with Crippen molar-refractivity contribution in [2.24, 2.45) is 0 Å². The van der Waals surface area contributed by atoms with E-state index in [2.05, 4.69) is 26.0 Å². The lowest BCUT2D eigenvalue weighted by molar-refractivity contribution is -0.274. The molecule has 144 valence electrons. The number of nitrogens with one attached hydrogen (secondary N) is 1. The van der Waals surface area contributed by atoms with Crippen molar-refractivity contribution in [2.75, 3.05) is 5.32 Å². The predicted molar refractivity (Wildman–Crippen MR) is 90.7 cm³/mol. The van der Waals surface area contributed by atoms with Gasteiger partial charge in [-0.05, 0) is 65.3 Å². The van der Waals surface area contributed by atoms with Gasteiger partial charge in [0.2, 0.25) is 0 Å². The Morgan fingerprint density at radius 3 is 2.30 bits per heavy atom. The Kier molecular flexibility index (Phi) is 6.42. The van der Waals surface area contributed by atoms with E-state index in [1.165, 1.54) is 25.1 Å². The summed E-state index contributed by atoms with van der Waals surface area (Å²) in [7, 11) is 0. The molecule has 5 nitrogen and oxygen atoms in total. The standard InChI is InChI=1S/C17H12BrF4NO4/c1-9(26-16(25)13-7-2-10(19)8-14(13)18)15(24)23-11-3-5-12(6-4-11)27-17(20,21)22/h2-9H,1H3,(H,23,24). The molecule has 2 aromatic rings. The highest BCUT2D eigenvalue weighted by Crippen LogP contribution is 2.24. The van der Waals surface area contributed by atoms with Gasteiger partial charge in [0, 0.05) is 10.2 Å². The molecule has 0 aliphatic rings. The van der Waals surface area contributed by atoms with Crippen molar-refractivity contribution in [1.29, 1.82) is 0 Å². The number of amides is 1. The minimum Gasteiger partial charge on any atom is -0.449 e. The van der Waals surface area contributed by atoms with E-state index in [9.17, 15) is 27.2 Å². The van der Waals surface area contributed by atoms with Gasteiger partial charge in [-0.25, -0.2) is 9.18 Å². The maximum atomic E-state index is 13.0. The Morgan fingerprint density at radius 2 is 1.74 bits per heavy atom. The molecule has 2 aromatic carbocycles. The molecule has 1 amide bonds. The minimum atomic E-state index is -4.82. The van der Waals surface area contributed by atoms with E-state index >= 15 is 0 Å². The molecule has 0 spiro atoms. The molecule has 0 radical (unpaired) electrons. The van der Waals surface area contributed by atoms with E-state index in [1.807, 2.05) is 0 Å². The van der Waals surface area contributed by atoms with E-state index in [0.29, 0.717) is 0 Å². The number of carbonyl (C=O) groups excluding carboxylic acids is 2. The van der Waals surface area contributed by atoms with Gasteiger partial charge in [0.1, 0.15) is 11.6 Å². The smallest absolute Gasteiger partial charge is 0.449 e. The van der Waals surface area contributed by atoms with Gasteiger partial charge in [0.15, 0.2) is 6.10 Å². The van der Waals surface area contributed by atoms with Crippen LogP contribution in [0.5, 0.6) is 5.75 Å². The summed E-state index contributed by atoms with van der Waals surface area (Å²) in [4.78, 5) is 24.1. The number of benzene rings is 2. The van der Waals surface area contributed by atoms with Gasteiger partial charge in [0.05, 0.1) is 5.56 Å². The van der Waals surface area contributed by atoms with E-state index in [-0.39, 0.29) is 15.7 Å². The monoisotopic (exact) mass is 449 g/mol. The topological polar surface area (TPSA) is 64.6 Å². The molecule has 0 fully saturated rings. The van der Waals surface area contributed by atoms with Crippen LogP contribution in [-0.2, 0) is 9.53 Å². The second-order valence-corrected chi connectivity index (χ2v) is 6.09. The number of anilines is 1. The number of ether oxygens (including phenoxy) is 2. The minimum absolute atomic E-state index is 0.0321. The fourth-order valence-electron chi connectivity index (χ4n) is 1.92. The van der Waals surface area contributed by atoms with Crippen LogP contribution >= 0.6 is 15.9 Å². The number of esters is 1. The summed E-state index contributed by atoms with van der Waals surface area (Å²) >= 11 is 3.02. The lowest BCUT2D eigenvalue weighted by atomic mass is 10.2. The predicted octanol–water partition coefficient (Wildman–Crippen LogP) is 4.67. The van der Waals surface area contributed by atoms with Crippen LogP contribution < -0.4 is 10.1 Å². The summed E-state index contributed by atoms with van der Waals surface area (Å²) in [6.45, 7) is 1.31. The zero-order chi connectivity index (χ0) is 20.2. The fourth-order valence-corrected chi connectivity index (χ4v) is 2.43. The Morgan fingerprint density at radius 1 is 1.11 bits per heavy atom. The fraction of sp³-hybridized carbons (Fsp3) is 0.176. The average molecular weight is 450 g/mol. The van der Waals surface area contributed by atoms with Crippen molar-refractivity contribution in [1.82, 2.24) is 0 Å². The number of hydrogen-bond donors (Lipinski definition) is 1. The molecule has 1 unspecified atom stereocenters. The summed E-state index contributed by atoms with van der Waals surface area (Å²) in [6.07, 6.45) is -6.03. The second-order valence-electron chi connectivity index (χ2n) is 5.23. The molecule has 0 aromatic heterocycles. The van der Waals surface area contributed by atoms with Gasteiger partial charge in [0.25, 0.3) is 5.91 Å². The molecule has 0 bridgehead atoms. The highest BCUT2D eigenvalue weighted by atomic mass is 79.9. The van der Waals surface area contributed by atoms with Gasteiger partial charge in [-0.3, -0.25) is 4.79 Å². The number of alkyl halides is 3. The van der Waals surface area contributed by atoms with E-state index in [1.54, 1.807) is 0 Å². The number of carbonyl (C=O) groups is 2. The Labute approximate surface area is 159 Å². The van der Waals surface area contributed by atoms with E-state index in [4.69, 9.17) is 4.74 Å². The van der Waals surface area contributed by atoms with Crippen LogP contribution in [0.1, 0.15) is 17.3 Å². The largest absolute Gasteiger partial charge is 0.573 e. The number of rotatable bonds is 5. The van der Waals surface area contributed by atoms with Gasteiger partial charge < -0.3 is 14.8 Å². The van der Waals surface area contributed by atoms with Crippen molar-refractivity contribution < 1.29 is 36.6 Å². The summed E-state index contributed by atoms with van der Waals surface area (Å²) in [5.74, 6) is -2.55. The van der Waals surface area contributed by atoms with Crippen molar-refractivity contribution in [3.8, 4) is 5.75 Å². The van der Waals surface area contributed by atoms with E-state index in [0.717, 1.165) is 24.3 Å². The highest BCUT2D eigenvalue weighted by Gasteiger charge is 2.31. The average Bonchev–Trinajstić information content (AvgIpc) is 2.55. The maximum absolute atomic E-state index is 13.0. The SMILES string of the molecule is CC(OC(=O)c1ccc(F)cc1Br)C(=O)Nc1ccc(OC(F)(F)F)cc1. The maximum Gasteiger partial charge on any atom is 0.573 e. The van der Waals surface area contributed by atoms with Crippen molar-refractivity contribution in [3.63, 3.8) is 0 Å². The molecule has 2 rings (SSSR count). The van der Waals surface area contributed by atoms with E-state index < -0.39 is 35.9 Å². The zero-order valence-corrected chi connectivity index (χ0v) is 15.2. The van der Waals surface area contributed by atoms with Crippen molar-refractivity contribution >= 4 is 33.5 Å². The molecule has 0 aliphatic carbocycles. The summed E-state index contributed by atoms with van der Waals surface area (Å²) in [5, 5.41) is 2.39. The van der Waals surface area contributed by atoms with Gasteiger partial charge >= 0.3 is 12.3 Å². The molecule has 0 heterocycles. The first-order chi connectivity index (χ1) is 12.5. The third kappa shape index (κ3) is 6.24. The third-order valence-electron chi connectivity index (χ3n) is 3.16. The molecule has 0 saturated carbocycles. The van der Waals surface area contributed by atoms with Crippen molar-refractivity contribution in [3.05, 3.63) is 58.3 Å². The lowest BCUT2D eigenvalue weighted by Gasteiger charge is -2.14. The molecule has 0 aliphatic heterocycles. The van der Waals surface area contributed by atoms with Crippen LogP contribution in [0.4, 0.5) is 23.2 Å². The second kappa shape index (κ2) is 8.38. The summed E-state index contributed by atoms with van der Waals surface area (Å²) in [5.41, 5.74) is 0.213. The first-order valence-electron chi connectivity index (χ1n) is 7.38. The highest BCUT2D eigenvalue weighted by molar-refractivity contribution is 9.10. The first kappa shape index (κ1) is 20.7. The number of hydrogen-bond acceptors (Lipinski definition) is 4. The van der Waals surface area contributed by atoms with Gasteiger partial charge in [-0.2, -0.15) is 0 Å². The molecule has 1 atom stereocenters. The number of halogens is 5. The molecule has 0 saturated heterocycles. The van der Waals surface area contributed by atoms with Gasteiger partial charge in [-0.15, -0.1) is 13.2 Å². The normalized spacial score (nSPS) is 12.2. The Balaban J connectivity index is 1.96. The van der Waals surface area contributed by atoms with Crippen LogP contribution in [0.3, 0.4) is 0 Å². The van der Waals surface area contributed by atoms with Crippen LogP contribution in [0.2, 0.25) is 0 Å². The third-order valence-corrected chi connectivity index (χ3v) is 3.82. The van der Waals surface area contributed by atoms with Crippen LogP contribution in [-0.4, -0.2) is 24.3 Å². The lowest BCUT2D eigenvalue weighted by Crippen LogP contribution is -2.30. The molecule has 27 heavy (non-hydrogen) atoms. The van der Waals surface area contributed by atoms with Crippen LogP contribution in [0.15, 0.2) is 46.9 Å². The van der Waals surface area contributed by atoms with Crippen LogP contribution in [0.25, 0.3) is 0 Å². The van der Waals surface area contributed by atoms with Crippen molar-refractivity contribution in [2.45, 2.75) is 19.4 Å². The zero-order valence-electron chi connectivity index (χ0n) is 13.6. The van der Waals surface area contributed by atoms with Crippen LogP contribution in [0, 0.1) is 5.82 Å². The summed E-state index contributed by atoms with van der Waals surface area (Å²) in [6, 6.07) is 7.79. The Hall–Kier alpha value is -2.62. The molecule has 10 heteroatoms. The first-order valence-corrected chi connectivity index (χ1v) is 8.17. The molecular formula is C17H12BrF4NO4. The quantitative estimate of drug-likeness (QED) is 0.532.